The van der Waals surface area contributed by atoms with Crippen molar-refractivity contribution >= 4 is 17.5 Å². The van der Waals surface area contributed by atoms with Gasteiger partial charge in [-0.25, -0.2) is 9.97 Å². The van der Waals surface area contributed by atoms with Crippen molar-refractivity contribution in [3.8, 4) is 6.01 Å². The molecular formula is C20H24ClN3O2. The fraction of sp³-hybridized carbons (Fsp3) is 0.450. The highest BCUT2D eigenvalue weighted by molar-refractivity contribution is 6.30. The standard InChI is InChI=1S/C20H24ClN3O2/c1-14-3-2-4-15(11-14)5-10-19(25)24-17-6-8-18(9-7-17)26-20-22-12-16(21)13-23-20/h2-4,11-13,17-18H,5-10H2,1H3,(H,24,25). The predicted octanol–water partition coefficient (Wildman–Crippen LogP) is 3.88. The molecule has 1 saturated carbocycles. The smallest absolute Gasteiger partial charge is 0.316 e. The first-order valence-electron chi connectivity index (χ1n) is 9.07. The SMILES string of the molecule is Cc1cccc(CCC(=O)NC2CCC(Oc3ncc(Cl)cn3)CC2)c1. The summed E-state index contributed by atoms with van der Waals surface area (Å²) < 4.78 is 5.79. The van der Waals surface area contributed by atoms with E-state index in [-0.39, 0.29) is 18.1 Å². The van der Waals surface area contributed by atoms with E-state index < -0.39 is 0 Å². The fourth-order valence-corrected chi connectivity index (χ4v) is 3.36. The summed E-state index contributed by atoms with van der Waals surface area (Å²) in [7, 11) is 0. The molecule has 1 aromatic carbocycles. The Bertz CT molecular complexity index is 728. The van der Waals surface area contributed by atoms with Gasteiger partial charge >= 0.3 is 6.01 Å². The third kappa shape index (κ3) is 5.70. The third-order valence-electron chi connectivity index (χ3n) is 4.63. The zero-order chi connectivity index (χ0) is 18.4. The van der Waals surface area contributed by atoms with Gasteiger partial charge in [0.05, 0.1) is 17.4 Å². The summed E-state index contributed by atoms with van der Waals surface area (Å²) in [4.78, 5) is 20.3. The second kappa shape index (κ2) is 8.99. The highest BCUT2D eigenvalue weighted by atomic mass is 35.5. The number of rotatable bonds is 6. The van der Waals surface area contributed by atoms with Crippen LogP contribution in [0.3, 0.4) is 0 Å². The van der Waals surface area contributed by atoms with Gasteiger partial charge in [-0.15, -0.1) is 0 Å². The molecule has 1 amide bonds. The number of nitrogens with zero attached hydrogens (tertiary/aromatic N) is 2. The Morgan fingerprint density at radius 3 is 2.65 bits per heavy atom. The van der Waals surface area contributed by atoms with Crippen molar-refractivity contribution in [3.05, 3.63) is 52.8 Å². The molecule has 138 valence electrons. The molecule has 1 aromatic heterocycles. The maximum absolute atomic E-state index is 12.2. The summed E-state index contributed by atoms with van der Waals surface area (Å²) in [6.45, 7) is 2.07. The van der Waals surface area contributed by atoms with E-state index in [1.54, 1.807) is 0 Å². The second-order valence-corrected chi connectivity index (χ2v) is 7.27. The van der Waals surface area contributed by atoms with Crippen LogP contribution in [0.2, 0.25) is 5.02 Å². The highest BCUT2D eigenvalue weighted by Crippen LogP contribution is 2.22. The minimum Gasteiger partial charge on any atom is -0.460 e. The fourth-order valence-electron chi connectivity index (χ4n) is 3.26. The van der Waals surface area contributed by atoms with E-state index in [2.05, 4.69) is 40.4 Å². The molecule has 1 N–H and O–H groups in total. The zero-order valence-corrected chi connectivity index (χ0v) is 15.7. The molecule has 0 bridgehead atoms. The van der Waals surface area contributed by atoms with Crippen LogP contribution >= 0.6 is 11.6 Å². The number of carbonyl (C=O) groups excluding carboxylic acids is 1. The van der Waals surface area contributed by atoms with Crippen LogP contribution in [0.15, 0.2) is 36.7 Å². The Kier molecular flexibility index (Phi) is 6.45. The van der Waals surface area contributed by atoms with Crippen molar-refractivity contribution in [1.29, 1.82) is 0 Å². The van der Waals surface area contributed by atoms with Gasteiger partial charge in [-0.3, -0.25) is 4.79 Å². The number of nitrogens with one attached hydrogen (secondary N) is 1. The summed E-state index contributed by atoms with van der Waals surface area (Å²) in [5.41, 5.74) is 2.44. The molecule has 1 aliphatic rings. The van der Waals surface area contributed by atoms with E-state index >= 15 is 0 Å². The van der Waals surface area contributed by atoms with Gasteiger partial charge in [-0.05, 0) is 44.6 Å². The Hall–Kier alpha value is -2.14. The number of hydrogen-bond donors (Lipinski definition) is 1. The van der Waals surface area contributed by atoms with E-state index in [0.29, 0.717) is 17.5 Å². The first kappa shape index (κ1) is 18.6. The first-order chi connectivity index (χ1) is 12.6. The van der Waals surface area contributed by atoms with Gasteiger partial charge in [-0.1, -0.05) is 41.4 Å². The van der Waals surface area contributed by atoms with Crippen LogP contribution in [0, 0.1) is 6.92 Å². The predicted molar refractivity (Wildman–Crippen MR) is 101 cm³/mol. The van der Waals surface area contributed by atoms with Crippen molar-refractivity contribution < 1.29 is 9.53 Å². The van der Waals surface area contributed by atoms with Crippen LogP contribution in [0.25, 0.3) is 0 Å². The lowest BCUT2D eigenvalue weighted by molar-refractivity contribution is -0.122. The van der Waals surface area contributed by atoms with E-state index in [9.17, 15) is 4.79 Å². The van der Waals surface area contributed by atoms with E-state index in [4.69, 9.17) is 16.3 Å². The van der Waals surface area contributed by atoms with Crippen molar-refractivity contribution in [2.75, 3.05) is 0 Å². The van der Waals surface area contributed by atoms with Crippen LogP contribution < -0.4 is 10.1 Å². The average Bonchev–Trinajstić information content (AvgIpc) is 2.64. The minimum absolute atomic E-state index is 0.0941. The normalized spacial score (nSPS) is 19.8. The number of halogens is 1. The summed E-state index contributed by atoms with van der Waals surface area (Å²) in [6, 6.07) is 8.90. The average molecular weight is 374 g/mol. The number of carbonyl (C=O) groups is 1. The first-order valence-corrected chi connectivity index (χ1v) is 9.45. The molecule has 6 heteroatoms. The third-order valence-corrected chi connectivity index (χ3v) is 4.83. The lowest BCUT2D eigenvalue weighted by atomic mass is 9.93. The van der Waals surface area contributed by atoms with Crippen LogP contribution in [0.4, 0.5) is 0 Å². The van der Waals surface area contributed by atoms with E-state index in [1.165, 1.54) is 23.5 Å². The maximum Gasteiger partial charge on any atom is 0.316 e. The number of aryl methyl sites for hydroxylation is 2. The molecule has 2 aromatic rings. The molecule has 0 spiro atoms. The number of hydrogen-bond acceptors (Lipinski definition) is 4. The summed E-state index contributed by atoms with van der Waals surface area (Å²) in [5.74, 6) is 0.122. The molecular weight excluding hydrogens is 350 g/mol. The Morgan fingerprint density at radius 2 is 1.96 bits per heavy atom. The van der Waals surface area contributed by atoms with Crippen molar-refractivity contribution in [3.63, 3.8) is 0 Å². The molecule has 0 saturated heterocycles. The zero-order valence-electron chi connectivity index (χ0n) is 15.0. The lowest BCUT2D eigenvalue weighted by Gasteiger charge is -2.28. The van der Waals surface area contributed by atoms with Crippen LogP contribution in [0.1, 0.15) is 43.2 Å². The molecule has 1 aliphatic carbocycles. The van der Waals surface area contributed by atoms with Crippen molar-refractivity contribution in [2.24, 2.45) is 0 Å². The lowest BCUT2D eigenvalue weighted by Crippen LogP contribution is -2.39. The number of benzene rings is 1. The van der Waals surface area contributed by atoms with Crippen LogP contribution in [-0.2, 0) is 11.2 Å². The maximum atomic E-state index is 12.2. The van der Waals surface area contributed by atoms with Crippen LogP contribution in [0.5, 0.6) is 6.01 Å². The van der Waals surface area contributed by atoms with Gasteiger partial charge in [0.2, 0.25) is 5.91 Å². The molecule has 0 unspecified atom stereocenters. The molecule has 0 aliphatic heterocycles. The number of aromatic nitrogens is 2. The minimum atomic E-state index is 0.0941. The molecule has 1 fully saturated rings. The Balaban J connectivity index is 1.38. The van der Waals surface area contributed by atoms with Gasteiger partial charge < -0.3 is 10.1 Å². The van der Waals surface area contributed by atoms with Crippen molar-refractivity contribution in [1.82, 2.24) is 15.3 Å². The van der Waals surface area contributed by atoms with E-state index in [0.717, 1.165) is 32.1 Å². The van der Waals surface area contributed by atoms with E-state index in [1.807, 2.05) is 6.07 Å². The van der Waals surface area contributed by atoms with Gasteiger partial charge in [0.15, 0.2) is 0 Å². The molecule has 1 heterocycles. The highest BCUT2D eigenvalue weighted by Gasteiger charge is 2.24. The topological polar surface area (TPSA) is 64.1 Å². The molecule has 26 heavy (non-hydrogen) atoms. The number of amides is 1. The van der Waals surface area contributed by atoms with Crippen molar-refractivity contribution in [2.45, 2.75) is 57.6 Å². The van der Waals surface area contributed by atoms with Gasteiger partial charge in [0.1, 0.15) is 6.10 Å². The van der Waals surface area contributed by atoms with Gasteiger partial charge in [0.25, 0.3) is 0 Å². The largest absolute Gasteiger partial charge is 0.460 e. The summed E-state index contributed by atoms with van der Waals surface area (Å²) >= 11 is 5.77. The Morgan fingerprint density at radius 1 is 1.23 bits per heavy atom. The Labute approximate surface area is 159 Å². The molecule has 0 radical (unpaired) electrons. The monoisotopic (exact) mass is 373 g/mol. The van der Waals surface area contributed by atoms with Crippen LogP contribution in [-0.4, -0.2) is 28.0 Å². The summed E-state index contributed by atoms with van der Waals surface area (Å²) in [6.07, 6.45) is 8.05. The molecule has 5 nitrogen and oxygen atoms in total. The molecule has 0 atom stereocenters. The second-order valence-electron chi connectivity index (χ2n) is 6.83. The summed E-state index contributed by atoms with van der Waals surface area (Å²) in [5, 5.41) is 3.65. The molecule has 3 rings (SSSR count). The number of ether oxygens (including phenoxy) is 1. The van der Waals surface area contributed by atoms with Gasteiger partial charge in [-0.2, -0.15) is 0 Å². The van der Waals surface area contributed by atoms with Gasteiger partial charge in [0, 0.05) is 12.5 Å². The quantitative estimate of drug-likeness (QED) is 0.834.